The van der Waals surface area contributed by atoms with Crippen LogP contribution in [-0.4, -0.2) is 0 Å². The zero-order valence-corrected chi connectivity index (χ0v) is 11.9. The zero-order chi connectivity index (χ0) is 13.0. The summed E-state index contributed by atoms with van der Waals surface area (Å²) in [6, 6.07) is 15.4. The molecule has 2 aromatic carbocycles. The molecule has 94 valence electrons. The van der Waals surface area contributed by atoms with Crippen LogP contribution < -0.4 is 9.05 Å². The first kappa shape index (κ1) is 13.2. The number of hydrogen-bond donors (Lipinski definition) is 0. The second-order valence-corrected chi connectivity index (χ2v) is 5.64. The van der Waals surface area contributed by atoms with Crippen molar-refractivity contribution in [1.82, 2.24) is 0 Å². The van der Waals surface area contributed by atoms with Gasteiger partial charge in [-0.15, -0.1) is 0 Å². The molecule has 2 rings (SSSR count). The largest absolute Gasteiger partial charge is 0.427 e. The molecule has 2 aromatic rings. The first-order chi connectivity index (χ1) is 8.63. The van der Waals surface area contributed by atoms with Crippen LogP contribution in [0, 0.1) is 13.8 Å². The van der Waals surface area contributed by atoms with Crippen LogP contribution in [0.1, 0.15) is 11.1 Å². The summed E-state index contributed by atoms with van der Waals surface area (Å²) in [7, 11) is -1.48. The van der Waals surface area contributed by atoms with Crippen molar-refractivity contribution in [1.29, 1.82) is 0 Å². The molecule has 0 radical (unpaired) electrons. The lowest BCUT2D eigenvalue weighted by molar-refractivity contribution is 0.508. The molecule has 0 heterocycles. The summed E-state index contributed by atoms with van der Waals surface area (Å²) in [6.07, 6.45) is 0. The van der Waals surface area contributed by atoms with E-state index in [1.165, 1.54) is 11.1 Å². The van der Waals surface area contributed by atoms with E-state index in [2.05, 4.69) is 0 Å². The van der Waals surface area contributed by atoms with Crippen molar-refractivity contribution in [2.24, 2.45) is 0 Å². The molecule has 0 saturated carbocycles. The number of benzene rings is 2. The van der Waals surface area contributed by atoms with Crippen molar-refractivity contribution < 1.29 is 9.05 Å². The molecule has 18 heavy (non-hydrogen) atoms. The van der Waals surface area contributed by atoms with Crippen LogP contribution in [0.4, 0.5) is 0 Å². The Hall–Kier alpha value is -1.24. The van der Waals surface area contributed by atoms with Gasteiger partial charge in [0.25, 0.3) is 0 Å². The van der Waals surface area contributed by atoms with Crippen molar-refractivity contribution in [3.05, 3.63) is 59.7 Å². The highest BCUT2D eigenvalue weighted by Gasteiger charge is 2.10. The van der Waals surface area contributed by atoms with Gasteiger partial charge in [-0.05, 0) is 49.4 Å². The monoisotopic (exact) mass is 280 g/mol. The Labute approximate surface area is 113 Å². The fourth-order valence-electron chi connectivity index (χ4n) is 1.38. The van der Waals surface area contributed by atoms with E-state index >= 15 is 0 Å². The van der Waals surface area contributed by atoms with Gasteiger partial charge in [-0.1, -0.05) is 35.4 Å². The van der Waals surface area contributed by atoms with Crippen molar-refractivity contribution >= 4 is 19.0 Å². The quantitative estimate of drug-likeness (QED) is 0.714. The van der Waals surface area contributed by atoms with E-state index in [9.17, 15) is 0 Å². The average molecular weight is 281 g/mol. The molecule has 4 heteroatoms. The van der Waals surface area contributed by atoms with Crippen molar-refractivity contribution in [3.63, 3.8) is 0 Å². The number of hydrogen-bond acceptors (Lipinski definition) is 2. The maximum absolute atomic E-state index is 6.05. The van der Waals surface area contributed by atoms with Crippen LogP contribution >= 0.6 is 19.0 Å². The van der Waals surface area contributed by atoms with Gasteiger partial charge in [0.1, 0.15) is 11.5 Å². The molecule has 0 aliphatic carbocycles. The molecular formula is C14H14ClO2P. The van der Waals surface area contributed by atoms with E-state index in [0.717, 1.165) is 0 Å². The van der Waals surface area contributed by atoms with Crippen molar-refractivity contribution in [2.45, 2.75) is 13.8 Å². The van der Waals surface area contributed by atoms with Gasteiger partial charge in [-0.25, -0.2) is 0 Å². The summed E-state index contributed by atoms with van der Waals surface area (Å²) in [5.74, 6) is 1.43. The maximum atomic E-state index is 6.05. The Morgan fingerprint density at radius 3 is 1.39 bits per heavy atom. The summed E-state index contributed by atoms with van der Waals surface area (Å²) < 4.78 is 11.0. The lowest BCUT2D eigenvalue weighted by atomic mass is 10.2. The topological polar surface area (TPSA) is 18.5 Å². The smallest absolute Gasteiger partial charge is 0.401 e. The third kappa shape index (κ3) is 3.90. The minimum absolute atomic E-state index is 0.717. The Bertz CT molecular complexity index is 449. The zero-order valence-electron chi connectivity index (χ0n) is 10.3. The van der Waals surface area contributed by atoms with Crippen LogP contribution in [0.3, 0.4) is 0 Å². The normalized spacial score (nSPS) is 10.4. The highest BCUT2D eigenvalue weighted by Crippen LogP contribution is 2.44. The SMILES string of the molecule is Cc1ccc(OP(Cl)Oc2ccc(C)cc2)cc1. The minimum atomic E-state index is -1.48. The Balaban J connectivity index is 1.94. The molecule has 0 N–H and O–H groups in total. The molecule has 0 spiro atoms. The van der Waals surface area contributed by atoms with Gasteiger partial charge in [-0.3, -0.25) is 0 Å². The first-order valence-electron chi connectivity index (χ1n) is 5.59. The van der Waals surface area contributed by atoms with E-state index in [-0.39, 0.29) is 0 Å². The summed E-state index contributed by atoms with van der Waals surface area (Å²) in [5.41, 5.74) is 2.36. The first-order valence-corrected chi connectivity index (χ1v) is 7.67. The minimum Gasteiger partial charge on any atom is -0.427 e. The van der Waals surface area contributed by atoms with Crippen LogP contribution in [0.25, 0.3) is 0 Å². The highest BCUT2D eigenvalue weighted by molar-refractivity contribution is 7.76. The van der Waals surface area contributed by atoms with E-state index in [1.54, 1.807) is 0 Å². The Morgan fingerprint density at radius 1 is 0.722 bits per heavy atom. The number of rotatable bonds is 4. The molecule has 0 aliphatic rings. The van der Waals surface area contributed by atoms with Crippen LogP contribution in [-0.2, 0) is 0 Å². The lowest BCUT2D eigenvalue weighted by Gasteiger charge is -2.12. The molecule has 2 nitrogen and oxygen atoms in total. The van der Waals surface area contributed by atoms with Crippen LogP contribution in [0.2, 0.25) is 0 Å². The molecule has 0 atom stereocenters. The fraction of sp³-hybridized carbons (Fsp3) is 0.143. The van der Waals surface area contributed by atoms with Crippen molar-refractivity contribution in [3.8, 4) is 11.5 Å². The van der Waals surface area contributed by atoms with Gasteiger partial charge in [0.2, 0.25) is 0 Å². The summed E-state index contributed by atoms with van der Waals surface area (Å²) in [4.78, 5) is 0. The molecule has 0 unspecified atom stereocenters. The maximum Gasteiger partial charge on any atom is 0.401 e. The summed E-state index contributed by atoms with van der Waals surface area (Å²) >= 11 is 6.05. The van der Waals surface area contributed by atoms with Gasteiger partial charge in [0, 0.05) is 0 Å². The van der Waals surface area contributed by atoms with Gasteiger partial charge in [-0.2, -0.15) is 0 Å². The van der Waals surface area contributed by atoms with Gasteiger partial charge >= 0.3 is 7.73 Å². The Kier molecular flexibility index (Phi) is 4.46. The lowest BCUT2D eigenvalue weighted by Crippen LogP contribution is -1.90. The highest BCUT2D eigenvalue weighted by atomic mass is 35.7. The number of halogens is 1. The van der Waals surface area contributed by atoms with Crippen LogP contribution in [0.5, 0.6) is 11.5 Å². The molecule has 0 fully saturated rings. The Morgan fingerprint density at radius 2 is 1.06 bits per heavy atom. The van der Waals surface area contributed by atoms with Gasteiger partial charge < -0.3 is 9.05 Å². The molecule has 0 aromatic heterocycles. The molecule has 0 saturated heterocycles. The number of aryl methyl sites for hydroxylation is 2. The predicted molar refractivity (Wildman–Crippen MR) is 76.4 cm³/mol. The third-order valence-corrected chi connectivity index (χ3v) is 3.52. The molecule has 0 bridgehead atoms. The average Bonchev–Trinajstić information content (AvgIpc) is 2.35. The van der Waals surface area contributed by atoms with E-state index in [1.807, 2.05) is 62.4 Å². The molecule has 0 aliphatic heterocycles. The van der Waals surface area contributed by atoms with Gasteiger partial charge in [0.05, 0.1) is 0 Å². The van der Waals surface area contributed by atoms with E-state index in [0.29, 0.717) is 11.5 Å². The molecular weight excluding hydrogens is 267 g/mol. The second kappa shape index (κ2) is 6.08. The fourth-order valence-corrected chi connectivity index (χ4v) is 2.47. The third-order valence-electron chi connectivity index (χ3n) is 2.40. The standard InChI is InChI=1S/C14H14ClO2P/c1-11-3-7-13(8-4-11)16-18(15)17-14-9-5-12(2)6-10-14/h3-10H,1-2H3. The van der Waals surface area contributed by atoms with E-state index in [4.69, 9.17) is 20.3 Å². The predicted octanol–water partition coefficient (Wildman–Crippen LogP) is 5.23. The summed E-state index contributed by atoms with van der Waals surface area (Å²) in [5, 5.41) is 0. The van der Waals surface area contributed by atoms with Crippen molar-refractivity contribution in [2.75, 3.05) is 0 Å². The molecule has 0 amide bonds. The van der Waals surface area contributed by atoms with Gasteiger partial charge in [0.15, 0.2) is 0 Å². The summed E-state index contributed by atoms with van der Waals surface area (Å²) in [6.45, 7) is 4.05. The second-order valence-electron chi connectivity index (χ2n) is 4.02. The van der Waals surface area contributed by atoms with E-state index < -0.39 is 7.73 Å². The van der Waals surface area contributed by atoms with Crippen LogP contribution in [0.15, 0.2) is 48.5 Å².